The van der Waals surface area contributed by atoms with Crippen molar-refractivity contribution in [2.24, 2.45) is 0 Å². The average molecular weight is 281 g/mol. The van der Waals surface area contributed by atoms with Crippen LogP contribution in [0.25, 0.3) is 0 Å². The number of hydrogen-bond acceptors (Lipinski definition) is 5. The van der Waals surface area contributed by atoms with Crippen molar-refractivity contribution in [3.05, 3.63) is 33.9 Å². The molecule has 7 nitrogen and oxygen atoms in total. The van der Waals surface area contributed by atoms with Gasteiger partial charge in [0.2, 0.25) is 0 Å². The Kier molecular flexibility index (Phi) is 5.45. The van der Waals surface area contributed by atoms with E-state index in [1.807, 2.05) is 0 Å². The Morgan fingerprint density at radius 2 is 2.20 bits per heavy atom. The van der Waals surface area contributed by atoms with E-state index in [1.54, 1.807) is 25.8 Å². The van der Waals surface area contributed by atoms with Gasteiger partial charge in [-0.1, -0.05) is 0 Å². The van der Waals surface area contributed by atoms with Crippen LogP contribution in [0.3, 0.4) is 0 Å². The molecule has 0 saturated carbocycles. The first-order valence-corrected chi connectivity index (χ1v) is 6.32. The third kappa shape index (κ3) is 3.92. The molecule has 2 N–H and O–H groups in total. The van der Waals surface area contributed by atoms with Gasteiger partial charge in [-0.3, -0.25) is 14.9 Å². The van der Waals surface area contributed by atoms with Crippen molar-refractivity contribution in [3.63, 3.8) is 0 Å². The van der Waals surface area contributed by atoms with E-state index in [-0.39, 0.29) is 23.7 Å². The lowest BCUT2D eigenvalue weighted by atomic mass is 10.1. The molecule has 0 aliphatic heterocycles. The van der Waals surface area contributed by atoms with Crippen molar-refractivity contribution in [1.29, 1.82) is 0 Å². The largest absolute Gasteiger partial charge is 0.392 e. The van der Waals surface area contributed by atoms with Crippen LogP contribution < -0.4 is 10.2 Å². The van der Waals surface area contributed by atoms with Crippen LogP contribution in [-0.2, 0) is 0 Å². The number of carbonyl (C=O) groups is 1. The van der Waals surface area contributed by atoms with Crippen LogP contribution in [-0.4, -0.2) is 42.2 Å². The lowest BCUT2D eigenvalue weighted by Crippen LogP contribution is -2.28. The fraction of sp³-hybridized carbons (Fsp3) is 0.462. The molecule has 1 unspecified atom stereocenters. The number of nitrogens with zero attached hydrogens (tertiary/aromatic N) is 2. The summed E-state index contributed by atoms with van der Waals surface area (Å²) in [6.45, 7) is 4.10. The zero-order chi connectivity index (χ0) is 15.3. The Balaban J connectivity index is 3.14. The molecule has 0 aliphatic carbocycles. The van der Waals surface area contributed by atoms with Crippen LogP contribution in [0, 0.1) is 10.1 Å². The molecule has 0 spiro atoms. The highest BCUT2D eigenvalue weighted by Crippen LogP contribution is 2.28. The summed E-state index contributed by atoms with van der Waals surface area (Å²) >= 11 is 0. The molecule has 0 heterocycles. The van der Waals surface area contributed by atoms with Gasteiger partial charge < -0.3 is 15.3 Å². The molecule has 1 aromatic carbocycles. The molecule has 0 saturated heterocycles. The topological polar surface area (TPSA) is 95.7 Å². The van der Waals surface area contributed by atoms with E-state index in [0.29, 0.717) is 12.2 Å². The highest BCUT2D eigenvalue weighted by Gasteiger charge is 2.20. The number of likely N-dealkylation sites (N-methyl/N-ethyl adjacent to an activating group) is 1. The molecule has 1 aromatic rings. The van der Waals surface area contributed by atoms with E-state index in [2.05, 4.69) is 5.32 Å². The van der Waals surface area contributed by atoms with E-state index in [0.717, 1.165) is 0 Å². The molecule has 1 amide bonds. The van der Waals surface area contributed by atoms with Crippen molar-refractivity contribution in [2.45, 2.75) is 20.0 Å². The third-order valence-electron chi connectivity index (χ3n) is 2.72. The fourth-order valence-corrected chi connectivity index (χ4v) is 1.89. The number of aliphatic hydroxyl groups is 1. The van der Waals surface area contributed by atoms with Gasteiger partial charge in [0.25, 0.3) is 11.6 Å². The van der Waals surface area contributed by atoms with E-state index >= 15 is 0 Å². The smallest absolute Gasteiger partial charge is 0.293 e. The van der Waals surface area contributed by atoms with Crippen molar-refractivity contribution < 1.29 is 14.8 Å². The summed E-state index contributed by atoms with van der Waals surface area (Å²) in [6, 6.07) is 4.30. The second kappa shape index (κ2) is 6.85. The molecule has 1 rings (SSSR count). The predicted molar refractivity (Wildman–Crippen MR) is 76.1 cm³/mol. The first-order valence-electron chi connectivity index (χ1n) is 6.32. The average Bonchev–Trinajstić information content (AvgIpc) is 2.37. The SMILES string of the molecule is CCNC(=O)c1ccc(N(C)CC(C)O)c([N+](=O)[O-])c1. The Morgan fingerprint density at radius 1 is 1.55 bits per heavy atom. The minimum Gasteiger partial charge on any atom is -0.392 e. The molecule has 20 heavy (non-hydrogen) atoms. The number of amides is 1. The molecular formula is C13H19N3O4. The number of nitro benzene ring substituents is 1. The summed E-state index contributed by atoms with van der Waals surface area (Å²) < 4.78 is 0. The standard InChI is InChI=1S/C13H19N3O4/c1-4-14-13(18)10-5-6-11(12(7-10)16(19)20)15(3)8-9(2)17/h5-7,9,17H,4,8H2,1-3H3,(H,14,18). The first-order chi connectivity index (χ1) is 9.36. The van der Waals surface area contributed by atoms with Gasteiger partial charge in [0.05, 0.1) is 11.0 Å². The zero-order valence-electron chi connectivity index (χ0n) is 11.8. The molecule has 0 fully saturated rings. The van der Waals surface area contributed by atoms with Crippen LogP contribution in [0.1, 0.15) is 24.2 Å². The van der Waals surface area contributed by atoms with Gasteiger partial charge in [0, 0.05) is 31.8 Å². The molecule has 0 aromatic heterocycles. The maximum absolute atomic E-state index is 11.7. The van der Waals surface area contributed by atoms with E-state index in [9.17, 15) is 20.0 Å². The first kappa shape index (κ1) is 15.9. The van der Waals surface area contributed by atoms with Gasteiger partial charge in [-0.2, -0.15) is 0 Å². The number of aliphatic hydroxyl groups excluding tert-OH is 1. The van der Waals surface area contributed by atoms with Gasteiger partial charge in [0.15, 0.2) is 0 Å². The lowest BCUT2D eigenvalue weighted by Gasteiger charge is -2.20. The van der Waals surface area contributed by atoms with Crippen molar-refractivity contribution in [3.8, 4) is 0 Å². The van der Waals surface area contributed by atoms with Gasteiger partial charge >= 0.3 is 0 Å². The second-order valence-electron chi connectivity index (χ2n) is 4.55. The normalized spacial score (nSPS) is 11.8. The maximum atomic E-state index is 11.7. The highest BCUT2D eigenvalue weighted by molar-refractivity contribution is 5.95. The Labute approximate surface area is 117 Å². The minimum atomic E-state index is -0.609. The fourth-order valence-electron chi connectivity index (χ4n) is 1.89. The number of benzene rings is 1. The number of rotatable bonds is 6. The molecule has 0 aliphatic rings. The van der Waals surface area contributed by atoms with Crippen LogP contribution in [0.15, 0.2) is 18.2 Å². The number of anilines is 1. The molecule has 7 heteroatoms. The molecular weight excluding hydrogens is 262 g/mol. The summed E-state index contributed by atoms with van der Waals surface area (Å²) in [5, 5.41) is 23.1. The van der Waals surface area contributed by atoms with Crippen LogP contribution >= 0.6 is 0 Å². The van der Waals surface area contributed by atoms with E-state index in [4.69, 9.17) is 0 Å². The van der Waals surface area contributed by atoms with E-state index < -0.39 is 11.0 Å². The van der Waals surface area contributed by atoms with Gasteiger partial charge in [-0.05, 0) is 26.0 Å². The molecule has 110 valence electrons. The Hall–Kier alpha value is -2.15. The number of nitro groups is 1. The van der Waals surface area contributed by atoms with Crippen molar-refractivity contribution in [2.75, 3.05) is 25.0 Å². The van der Waals surface area contributed by atoms with Crippen molar-refractivity contribution >= 4 is 17.3 Å². The Morgan fingerprint density at radius 3 is 2.70 bits per heavy atom. The summed E-state index contributed by atoms with van der Waals surface area (Å²) in [7, 11) is 1.65. The number of carbonyl (C=O) groups excluding carboxylic acids is 1. The highest BCUT2D eigenvalue weighted by atomic mass is 16.6. The third-order valence-corrected chi connectivity index (χ3v) is 2.72. The van der Waals surface area contributed by atoms with Crippen LogP contribution in [0.2, 0.25) is 0 Å². The van der Waals surface area contributed by atoms with Crippen LogP contribution in [0.5, 0.6) is 0 Å². The summed E-state index contributed by atoms with van der Waals surface area (Å²) in [5.41, 5.74) is 0.452. The van der Waals surface area contributed by atoms with Gasteiger partial charge in [-0.15, -0.1) is 0 Å². The minimum absolute atomic E-state index is 0.156. The second-order valence-corrected chi connectivity index (χ2v) is 4.55. The summed E-state index contributed by atoms with van der Waals surface area (Å²) in [6.07, 6.45) is -0.609. The van der Waals surface area contributed by atoms with E-state index in [1.165, 1.54) is 18.2 Å². The number of nitrogens with one attached hydrogen (secondary N) is 1. The molecule has 0 radical (unpaired) electrons. The summed E-state index contributed by atoms with van der Waals surface area (Å²) in [4.78, 5) is 23.9. The predicted octanol–water partition coefficient (Wildman–Crippen LogP) is 1.16. The zero-order valence-corrected chi connectivity index (χ0v) is 11.8. The monoisotopic (exact) mass is 281 g/mol. The maximum Gasteiger partial charge on any atom is 0.293 e. The Bertz CT molecular complexity index is 502. The quantitative estimate of drug-likeness (QED) is 0.602. The van der Waals surface area contributed by atoms with Gasteiger partial charge in [0.1, 0.15) is 5.69 Å². The molecule has 1 atom stereocenters. The van der Waals surface area contributed by atoms with Crippen molar-refractivity contribution in [1.82, 2.24) is 5.32 Å². The lowest BCUT2D eigenvalue weighted by molar-refractivity contribution is -0.384. The van der Waals surface area contributed by atoms with Gasteiger partial charge in [-0.25, -0.2) is 0 Å². The molecule has 0 bridgehead atoms. The van der Waals surface area contributed by atoms with Crippen LogP contribution in [0.4, 0.5) is 11.4 Å². The summed E-state index contributed by atoms with van der Waals surface area (Å²) in [5.74, 6) is -0.347. The number of hydrogen-bond donors (Lipinski definition) is 2.